The number of nitrogens with zero attached hydrogens (tertiary/aromatic N) is 2. The lowest BCUT2D eigenvalue weighted by Crippen LogP contribution is -2.00. The molecular weight excluding hydrogens is 227 g/mol. The van der Waals surface area contributed by atoms with Crippen LogP contribution in [0.1, 0.15) is 25.2 Å². The fourth-order valence-electron chi connectivity index (χ4n) is 1.67. The lowest BCUT2D eigenvalue weighted by molar-refractivity contribution is 0.627. The van der Waals surface area contributed by atoms with Crippen molar-refractivity contribution in [1.82, 2.24) is 9.78 Å². The molecule has 0 amide bonds. The van der Waals surface area contributed by atoms with Gasteiger partial charge in [0.05, 0.1) is 17.1 Å². The summed E-state index contributed by atoms with van der Waals surface area (Å²) in [4.78, 5) is 0. The van der Waals surface area contributed by atoms with Crippen LogP contribution in [0.2, 0.25) is 0 Å². The van der Waals surface area contributed by atoms with Crippen molar-refractivity contribution in [3.63, 3.8) is 0 Å². The average molecular weight is 242 g/mol. The van der Waals surface area contributed by atoms with Crippen LogP contribution in [0.15, 0.2) is 43.5 Å². The second-order valence-electron chi connectivity index (χ2n) is 4.36. The van der Waals surface area contributed by atoms with Gasteiger partial charge in [0.1, 0.15) is 5.82 Å². The van der Waals surface area contributed by atoms with E-state index in [1.807, 2.05) is 19.9 Å². The van der Waals surface area contributed by atoms with Gasteiger partial charge in [-0.15, -0.1) is 0 Å². The lowest BCUT2D eigenvalue weighted by Gasteiger charge is -2.06. The number of allylic oxidation sites excluding steroid dienone is 2. The molecule has 2 rings (SSSR count). The summed E-state index contributed by atoms with van der Waals surface area (Å²) in [6, 6.07) is 8.15. The normalized spacial score (nSPS) is 10.4. The van der Waals surface area contributed by atoms with Crippen molar-refractivity contribution in [1.29, 1.82) is 0 Å². The molecule has 0 fully saturated rings. The van der Waals surface area contributed by atoms with Gasteiger partial charge < -0.3 is 0 Å². The maximum Gasteiger partial charge on any atom is 0.123 e. The number of benzene rings is 1. The molecule has 0 saturated carbocycles. The fraction of sp³-hybridized carbons (Fsp3) is 0.133. The summed E-state index contributed by atoms with van der Waals surface area (Å²) >= 11 is 0. The summed E-state index contributed by atoms with van der Waals surface area (Å²) in [5, 5.41) is 4.46. The molecule has 1 aromatic carbocycles. The Morgan fingerprint density at radius 2 is 1.72 bits per heavy atom. The summed E-state index contributed by atoms with van der Waals surface area (Å²) < 4.78 is 14.7. The smallest absolute Gasteiger partial charge is 0.123 e. The first-order valence-electron chi connectivity index (χ1n) is 5.67. The molecule has 0 aliphatic carbocycles. The van der Waals surface area contributed by atoms with E-state index >= 15 is 0 Å². The molecule has 0 unspecified atom stereocenters. The average Bonchev–Trinajstić information content (AvgIpc) is 2.75. The van der Waals surface area contributed by atoms with Crippen LogP contribution in [0.5, 0.6) is 0 Å². The van der Waals surface area contributed by atoms with Gasteiger partial charge in [0, 0.05) is 0 Å². The van der Waals surface area contributed by atoms with Crippen LogP contribution >= 0.6 is 0 Å². The van der Waals surface area contributed by atoms with Crippen LogP contribution in [0.3, 0.4) is 0 Å². The van der Waals surface area contributed by atoms with Crippen molar-refractivity contribution in [2.45, 2.75) is 13.8 Å². The predicted octanol–water partition coefficient (Wildman–Crippen LogP) is 4.08. The van der Waals surface area contributed by atoms with Gasteiger partial charge >= 0.3 is 0 Å². The van der Waals surface area contributed by atoms with E-state index in [1.54, 1.807) is 16.8 Å². The minimum absolute atomic E-state index is 0.261. The highest BCUT2D eigenvalue weighted by Crippen LogP contribution is 2.21. The van der Waals surface area contributed by atoms with Crippen molar-refractivity contribution in [2.24, 2.45) is 0 Å². The van der Waals surface area contributed by atoms with E-state index in [4.69, 9.17) is 0 Å². The topological polar surface area (TPSA) is 17.8 Å². The number of halogens is 1. The third kappa shape index (κ3) is 2.25. The van der Waals surface area contributed by atoms with Crippen molar-refractivity contribution < 1.29 is 4.39 Å². The Labute approximate surface area is 106 Å². The Morgan fingerprint density at radius 3 is 2.22 bits per heavy atom. The first kappa shape index (κ1) is 12.3. The van der Waals surface area contributed by atoms with Gasteiger partial charge in [-0.05, 0) is 55.3 Å². The molecule has 0 radical (unpaired) electrons. The van der Waals surface area contributed by atoms with Gasteiger partial charge in [-0.3, -0.25) is 0 Å². The first-order valence-corrected chi connectivity index (χ1v) is 5.67. The van der Waals surface area contributed by atoms with Crippen LogP contribution in [0.25, 0.3) is 16.8 Å². The Hall–Kier alpha value is -2.16. The van der Waals surface area contributed by atoms with E-state index in [0.717, 1.165) is 28.2 Å². The molecule has 18 heavy (non-hydrogen) atoms. The summed E-state index contributed by atoms with van der Waals surface area (Å²) in [5.74, 6) is -0.261. The summed E-state index contributed by atoms with van der Waals surface area (Å²) in [7, 11) is 0. The highest BCUT2D eigenvalue weighted by atomic mass is 19.1. The predicted molar refractivity (Wildman–Crippen MR) is 72.9 cm³/mol. The minimum atomic E-state index is -0.261. The van der Waals surface area contributed by atoms with Crippen molar-refractivity contribution >= 4 is 11.1 Å². The van der Waals surface area contributed by atoms with E-state index in [2.05, 4.69) is 18.3 Å². The molecule has 0 N–H and O–H groups in total. The van der Waals surface area contributed by atoms with Crippen molar-refractivity contribution in [3.8, 4) is 5.69 Å². The zero-order chi connectivity index (χ0) is 13.3. The quantitative estimate of drug-likeness (QED) is 0.793. The minimum Gasteiger partial charge on any atom is -0.233 e. The summed E-state index contributed by atoms with van der Waals surface area (Å²) in [6.45, 7) is 11.6. The standard InChI is InChI=1S/C15H15FN2/c1-10(2)14-9-15(11(3)4)18(17-14)13-7-5-12(16)6-8-13/h5-9H,1,3H2,2,4H3. The lowest BCUT2D eigenvalue weighted by atomic mass is 10.2. The molecule has 2 nitrogen and oxygen atoms in total. The molecular formula is C15H15FN2. The molecule has 0 bridgehead atoms. The van der Waals surface area contributed by atoms with Crippen LogP contribution < -0.4 is 0 Å². The largest absolute Gasteiger partial charge is 0.233 e. The van der Waals surface area contributed by atoms with E-state index in [-0.39, 0.29) is 5.82 Å². The molecule has 0 atom stereocenters. The van der Waals surface area contributed by atoms with Crippen LogP contribution in [-0.4, -0.2) is 9.78 Å². The van der Waals surface area contributed by atoms with Gasteiger partial charge in [0.25, 0.3) is 0 Å². The molecule has 3 heteroatoms. The van der Waals surface area contributed by atoms with Gasteiger partial charge in [0.2, 0.25) is 0 Å². The fourth-order valence-corrected chi connectivity index (χ4v) is 1.67. The highest BCUT2D eigenvalue weighted by Gasteiger charge is 2.10. The van der Waals surface area contributed by atoms with E-state index in [0.29, 0.717) is 0 Å². The zero-order valence-corrected chi connectivity index (χ0v) is 10.6. The van der Waals surface area contributed by atoms with E-state index in [9.17, 15) is 4.39 Å². The molecule has 0 saturated heterocycles. The number of rotatable bonds is 3. The monoisotopic (exact) mass is 242 g/mol. The number of hydrogen-bond acceptors (Lipinski definition) is 1. The van der Waals surface area contributed by atoms with Crippen LogP contribution in [0.4, 0.5) is 4.39 Å². The zero-order valence-electron chi connectivity index (χ0n) is 10.6. The summed E-state index contributed by atoms with van der Waals surface area (Å²) in [5.41, 5.74) is 4.32. The van der Waals surface area contributed by atoms with Crippen molar-refractivity contribution in [2.75, 3.05) is 0 Å². The number of aromatic nitrogens is 2. The maximum atomic E-state index is 12.9. The first-order chi connectivity index (χ1) is 8.49. The maximum absolute atomic E-state index is 12.9. The van der Waals surface area contributed by atoms with Gasteiger partial charge in [-0.25, -0.2) is 9.07 Å². The molecule has 1 aromatic heterocycles. The SMILES string of the molecule is C=C(C)c1cc(C(=C)C)n(-c2ccc(F)cc2)n1. The second-order valence-corrected chi connectivity index (χ2v) is 4.36. The van der Waals surface area contributed by atoms with Gasteiger partial charge in [0.15, 0.2) is 0 Å². The third-order valence-corrected chi connectivity index (χ3v) is 2.66. The van der Waals surface area contributed by atoms with Crippen molar-refractivity contribution in [3.05, 3.63) is 60.7 Å². The van der Waals surface area contributed by atoms with E-state index < -0.39 is 0 Å². The highest BCUT2D eigenvalue weighted by molar-refractivity contribution is 5.66. The molecule has 0 aliphatic heterocycles. The number of hydrogen-bond donors (Lipinski definition) is 0. The molecule has 0 aliphatic rings. The Morgan fingerprint density at radius 1 is 1.11 bits per heavy atom. The van der Waals surface area contributed by atoms with Gasteiger partial charge in [-0.1, -0.05) is 13.2 Å². The summed E-state index contributed by atoms with van der Waals surface area (Å²) in [6.07, 6.45) is 0. The van der Waals surface area contributed by atoms with Crippen LogP contribution in [-0.2, 0) is 0 Å². The molecule has 1 heterocycles. The molecule has 0 spiro atoms. The van der Waals surface area contributed by atoms with E-state index in [1.165, 1.54) is 12.1 Å². The Kier molecular flexibility index (Phi) is 3.15. The third-order valence-electron chi connectivity index (χ3n) is 2.66. The second kappa shape index (κ2) is 4.61. The van der Waals surface area contributed by atoms with Gasteiger partial charge in [-0.2, -0.15) is 5.10 Å². The molecule has 2 aromatic rings. The molecule has 92 valence electrons. The Balaban J connectivity index is 2.58. The van der Waals surface area contributed by atoms with Crippen LogP contribution in [0, 0.1) is 5.82 Å². The Bertz CT molecular complexity index is 606.